The number of ether oxygens (including phenoxy) is 2. The fourth-order valence-electron chi connectivity index (χ4n) is 2.35. The number of anilines is 1. The van der Waals surface area contributed by atoms with Crippen molar-refractivity contribution in [2.75, 3.05) is 12.5 Å². The summed E-state index contributed by atoms with van der Waals surface area (Å²) in [5.41, 5.74) is 9.44. The van der Waals surface area contributed by atoms with Gasteiger partial charge in [-0.1, -0.05) is 6.07 Å². The number of nitrogen functional groups attached to an aromatic ring is 1. The maximum atomic E-state index is 6.04. The molecule has 3 aromatic rings. The molecule has 1 aliphatic heterocycles. The Morgan fingerprint density at radius 1 is 1.11 bits per heavy atom. The smallest absolute Gasteiger partial charge is 0.231 e. The van der Waals surface area contributed by atoms with E-state index in [1.165, 1.54) is 0 Å². The number of nitrogens with one attached hydrogen (secondary N) is 1. The average molecular weight is 253 g/mol. The molecule has 1 aromatic heterocycles. The third kappa shape index (κ3) is 1.45. The Balaban J connectivity index is 1.95. The molecule has 19 heavy (non-hydrogen) atoms. The molecule has 94 valence electrons. The maximum Gasteiger partial charge on any atom is 0.231 e. The van der Waals surface area contributed by atoms with Gasteiger partial charge < -0.3 is 15.2 Å². The van der Waals surface area contributed by atoms with Crippen LogP contribution in [0, 0.1) is 0 Å². The van der Waals surface area contributed by atoms with E-state index in [-0.39, 0.29) is 6.79 Å². The molecule has 1 aliphatic rings. The van der Waals surface area contributed by atoms with E-state index in [9.17, 15) is 0 Å². The van der Waals surface area contributed by atoms with Crippen molar-refractivity contribution in [3.8, 4) is 22.8 Å². The van der Waals surface area contributed by atoms with Gasteiger partial charge in [-0.2, -0.15) is 5.10 Å². The lowest BCUT2D eigenvalue weighted by molar-refractivity contribution is 0.174. The first kappa shape index (κ1) is 10.3. The molecule has 0 saturated carbocycles. The second-order valence-corrected chi connectivity index (χ2v) is 4.41. The molecule has 0 unspecified atom stereocenters. The molecule has 0 amide bonds. The number of fused-ring (bicyclic) bond motifs is 2. The lowest BCUT2D eigenvalue weighted by atomic mass is 10.1. The van der Waals surface area contributed by atoms with Crippen molar-refractivity contribution in [2.45, 2.75) is 0 Å². The van der Waals surface area contributed by atoms with E-state index in [1.54, 1.807) is 0 Å². The van der Waals surface area contributed by atoms with E-state index in [1.807, 2.05) is 36.4 Å². The van der Waals surface area contributed by atoms with E-state index >= 15 is 0 Å². The Labute approximate surface area is 108 Å². The van der Waals surface area contributed by atoms with Gasteiger partial charge in [0.05, 0.1) is 10.9 Å². The summed E-state index contributed by atoms with van der Waals surface area (Å²) in [6, 6.07) is 11.5. The molecule has 0 atom stereocenters. The molecule has 3 N–H and O–H groups in total. The molecule has 0 radical (unpaired) electrons. The van der Waals surface area contributed by atoms with Gasteiger partial charge in [-0.05, 0) is 30.3 Å². The van der Waals surface area contributed by atoms with Crippen LogP contribution >= 0.6 is 0 Å². The Kier molecular flexibility index (Phi) is 1.97. The second-order valence-electron chi connectivity index (χ2n) is 4.41. The zero-order valence-corrected chi connectivity index (χ0v) is 10.0. The van der Waals surface area contributed by atoms with E-state index in [2.05, 4.69) is 10.2 Å². The van der Waals surface area contributed by atoms with Gasteiger partial charge in [0.15, 0.2) is 11.5 Å². The zero-order valence-electron chi connectivity index (χ0n) is 10.0. The van der Waals surface area contributed by atoms with E-state index in [0.717, 1.165) is 33.7 Å². The lowest BCUT2D eigenvalue weighted by Gasteiger charge is -2.02. The lowest BCUT2D eigenvalue weighted by Crippen LogP contribution is -1.92. The zero-order chi connectivity index (χ0) is 12.8. The van der Waals surface area contributed by atoms with Crippen LogP contribution in [-0.2, 0) is 0 Å². The van der Waals surface area contributed by atoms with E-state index in [4.69, 9.17) is 15.2 Å². The molecule has 0 aliphatic carbocycles. The molecule has 2 heterocycles. The van der Waals surface area contributed by atoms with Crippen LogP contribution in [0.1, 0.15) is 0 Å². The molecular formula is C14H11N3O2. The predicted octanol–water partition coefficient (Wildman–Crippen LogP) is 2.54. The summed E-state index contributed by atoms with van der Waals surface area (Å²) in [6.07, 6.45) is 0. The number of nitrogens with zero attached hydrogens (tertiary/aromatic N) is 1. The highest BCUT2D eigenvalue weighted by Crippen LogP contribution is 2.38. The minimum atomic E-state index is 0.266. The number of aromatic amines is 1. The molecule has 2 aromatic carbocycles. The summed E-state index contributed by atoms with van der Waals surface area (Å²) in [6.45, 7) is 0.266. The van der Waals surface area contributed by atoms with Crippen LogP contribution in [0.4, 0.5) is 5.69 Å². The van der Waals surface area contributed by atoms with Crippen LogP contribution in [0.25, 0.3) is 22.2 Å². The average Bonchev–Trinajstić information content (AvgIpc) is 3.04. The number of hydrogen-bond acceptors (Lipinski definition) is 4. The molecule has 0 fully saturated rings. The highest BCUT2D eigenvalue weighted by Gasteiger charge is 2.17. The summed E-state index contributed by atoms with van der Waals surface area (Å²) in [5, 5.41) is 8.28. The summed E-state index contributed by atoms with van der Waals surface area (Å²) >= 11 is 0. The summed E-state index contributed by atoms with van der Waals surface area (Å²) in [7, 11) is 0. The first-order chi connectivity index (χ1) is 9.33. The Morgan fingerprint density at radius 2 is 2.00 bits per heavy atom. The summed E-state index contributed by atoms with van der Waals surface area (Å²) in [5.74, 6) is 1.50. The van der Waals surface area contributed by atoms with Crippen LogP contribution in [0.3, 0.4) is 0 Å². The standard InChI is InChI=1S/C14H11N3O2/c15-9-2-1-3-10-13(9)14(17-16-10)8-4-5-11-12(6-8)19-7-18-11/h1-6H,7,15H2,(H,16,17). The SMILES string of the molecule is Nc1cccc2[nH]nc(-c3ccc4c(c3)OCO4)c12. The molecule has 0 saturated heterocycles. The van der Waals surface area contributed by atoms with E-state index < -0.39 is 0 Å². The number of benzene rings is 2. The molecule has 0 spiro atoms. The Hall–Kier alpha value is -2.69. The van der Waals surface area contributed by atoms with Crippen molar-refractivity contribution < 1.29 is 9.47 Å². The van der Waals surface area contributed by atoms with Gasteiger partial charge in [-0.3, -0.25) is 5.10 Å². The minimum Gasteiger partial charge on any atom is -0.454 e. The Morgan fingerprint density at radius 3 is 2.95 bits per heavy atom. The second kappa shape index (κ2) is 3.65. The predicted molar refractivity (Wildman–Crippen MR) is 72.1 cm³/mol. The molecule has 5 heteroatoms. The highest BCUT2D eigenvalue weighted by molar-refractivity contribution is 6.01. The molecular weight excluding hydrogens is 242 g/mol. The first-order valence-corrected chi connectivity index (χ1v) is 5.95. The topological polar surface area (TPSA) is 73.2 Å². The summed E-state index contributed by atoms with van der Waals surface area (Å²) < 4.78 is 10.7. The first-order valence-electron chi connectivity index (χ1n) is 5.95. The quantitative estimate of drug-likeness (QED) is 0.654. The van der Waals surface area contributed by atoms with Gasteiger partial charge in [0.1, 0.15) is 5.69 Å². The van der Waals surface area contributed by atoms with Gasteiger partial charge in [0, 0.05) is 11.3 Å². The largest absolute Gasteiger partial charge is 0.454 e. The van der Waals surface area contributed by atoms with Crippen molar-refractivity contribution in [3.05, 3.63) is 36.4 Å². The van der Waals surface area contributed by atoms with Crippen molar-refractivity contribution in [3.63, 3.8) is 0 Å². The molecule has 5 nitrogen and oxygen atoms in total. The van der Waals surface area contributed by atoms with Gasteiger partial charge in [0.2, 0.25) is 6.79 Å². The van der Waals surface area contributed by atoms with E-state index in [0.29, 0.717) is 5.69 Å². The normalized spacial score (nSPS) is 13.1. The van der Waals surface area contributed by atoms with Gasteiger partial charge in [0.25, 0.3) is 0 Å². The van der Waals surface area contributed by atoms with Crippen LogP contribution in [-0.4, -0.2) is 17.0 Å². The number of H-pyrrole nitrogens is 1. The number of nitrogens with two attached hydrogens (primary N) is 1. The highest BCUT2D eigenvalue weighted by atomic mass is 16.7. The Bertz CT molecular complexity index is 779. The van der Waals surface area contributed by atoms with Crippen molar-refractivity contribution >= 4 is 16.6 Å². The molecule has 0 bridgehead atoms. The van der Waals surface area contributed by atoms with Crippen LogP contribution in [0.2, 0.25) is 0 Å². The monoisotopic (exact) mass is 253 g/mol. The number of hydrogen-bond donors (Lipinski definition) is 2. The van der Waals surface area contributed by atoms with Crippen molar-refractivity contribution in [2.24, 2.45) is 0 Å². The van der Waals surface area contributed by atoms with Gasteiger partial charge in [-0.15, -0.1) is 0 Å². The fraction of sp³-hybridized carbons (Fsp3) is 0.0714. The van der Waals surface area contributed by atoms with Crippen LogP contribution in [0.15, 0.2) is 36.4 Å². The third-order valence-corrected chi connectivity index (χ3v) is 3.27. The fourth-order valence-corrected chi connectivity index (χ4v) is 2.35. The number of aromatic nitrogens is 2. The third-order valence-electron chi connectivity index (χ3n) is 3.27. The van der Waals surface area contributed by atoms with Crippen molar-refractivity contribution in [1.29, 1.82) is 0 Å². The van der Waals surface area contributed by atoms with Crippen molar-refractivity contribution in [1.82, 2.24) is 10.2 Å². The van der Waals surface area contributed by atoms with Gasteiger partial charge in [-0.25, -0.2) is 0 Å². The number of rotatable bonds is 1. The van der Waals surface area contributed by atoms with Gasteiger partial charge >= 0.3 is 0 Å². The summed E-state index contributed by atoms with van der Waals surface area (Å²) in [4.78, 5) is 0. The minimum absolute atomic E-state index is 0.266. The van der Waals surface area contributed by atoms with Crippen LogP contribution in [0.5, 0.6) is 11.5 Å². The van der Waals surface area contributed by atoms with Crippen LogP contribution < -0.4 is 15.2 Å². The maximum absolute atomic E-state index is 6.04. The molecule has 4 rings (SSSR count).